The van der Waals surface area contributed by atoms with Gasteiger partial charge in [-0.3, -0.25) is 0 Å². The molecule has 0 spiro atoms. The molecule has 1 atom stereocenters. The number of hydrogen-bond acceptors (Lipinski definition) is 3. The third-order valence-corrected chi connectivity index (χ3v) is 4.10. The lowest BCUT2D eigenvalue weighted by Crippen LogP contribution is -2.31. The molecule has 0 saturated heterocycles. The zero-order valence-electron chi connectivity index (χ0n) is 11.7. The van der Waals surface area contributed by atoms with Crippen LogP contribution in [0.2, 0.25) is 0 Å². The standard InChI is InChI=1S/C15H23BrN2O/c1-3-17-11(2)14-10-12(16)4-7-15(14)18(8-9-19)13-5-6-13/h4,7,10-11,13,17,19H,3,5-6,8-9H2,1-2H3. The topological polar surface area (TPSA) is 35.5 Å². The van der Waals surface area contributed by atoms with Crippen LogP contribution in [0.1, 0.15) is 38.3 Å². The molecule has 19 heavy (non-hydrogen) atoms. The van der Waals surface area contributed by atoms with Crippen molar-refractivity contribution < 1.29 is 5.11 Å². The highest BCUT2D eigenvalue weighted by atomic mass is 79.9. The summed E-state index contributed by atoms with van der Waals surface area (Å²) in [5, 5.41) is 12.8. The Kier molecular flexibility index (Phi) is 5.25. The molecule has 0 amide bonds. The molecule has 4 heteroatoms. The van der Waals surface area contributed by atoms with Gasteiger partial charge in [0, 0.05) is 28.8 Å². The minimum atomic E-state index is 0.210. The Morgan fingerprint density at radius 2 is 2.21 bits per heavy atom. The largest absolute Gasteiger partial charge is 0.395 e. The average Bonchev–Trinajstić information content (AvgIpc) is 3.21. The average molecular weight is 327 g/mol. The molecule has 1 saturated carbocycles. The summed E-state index contributed by atoms with van der Waals surface area (Å²) in [5.74, 6) is 0. The van der Waals surface area contributed by atoms with Crippen molar-refractivity contribution in [1.29, 1.82) is 0 Å². The molecule has 1 aliphatic carbocycles. The summed E-state index contributed by atoms with van der Waals surface area (Å²) in [6.07, 6.45) is 2.48. The SMILES string of the molecule is CCNC(C)c1cc(Br)ccc1N(CCO)C1CC1. The lowest BCUT2D eigenvalue weighted by atomic mass is 10.0. The Labute approximate surface area is 124 Å². The number of nitrogens with zero attached hydrogens (tertiary/aromatic N) is 1. The summed E-state index contributed by atoms with van der Waals surface area (Å²) < 4.78 is 1.11. The smallest absolute Gasteiger partial charge is 0.0606 e. The summed E-state index contributed by atoms with van der Waals surface area (Å²) in [4.78, 5) is 2.36. The molecule has 1 aromatic carbocycles. The molecule has 0 heterocycles. The number of nitrogens with one attached hydrogen (secondary N) is 1. The molecule has 0 bridgehead atoms. The highest BCUT2D eigenvalue weighted by molar-refractivity contribution is 9.10. The summed E-state index contributed by atoms with van der Waals surface area (Å²) in [5.41, 5.74) is 2.56. The van der Waals surface area contributed by atoms with Crippen molar-refractivity contribution in [1.82, 2.24) is 5.32 Å². The maximum Gasteiger partial charge on any atom is 0.0606 e. The van der Waals surface area contributed by atoms with Gasteiger partial charge in [0.25, 0.3) is 0 Å². The Morgan fingerprint density at radius 1 is 1.47 bits per heavy atom. The monoisotopic (exact) mass is 326 g/mol. The maximum absolute atomic E-state index is 9.30. The molecule has 1 aromatic rings. The lowest BCUT2D eigenvalue weighted by molar-refractivity contribution is 0.301. The van der Waals surface area contributed by atoms with E-state index < -0.39 is 0 Å². The summed E-state index contributed by atoms with van der Waals surface area (Å²) in [6, 6.07) is 7.37. The Morgan fingerprint density at radius 3 is 2.79 bits per heavy atom. The minimum absolute atomic E-state index is 0.210. The molecular formula is C15H23BrN2O. The van der Waals surface area contributed by atoms with Gasteiger partial charge in [0.1, 0.15) is 0 Å². The molecule has 0 radical (unpaired) electrons. The fourth-order valence-electron chi connectivity index (χ4n) is 2.54. The fourth-order valence-corrected chi connectivity index (χ4v) is 2.92. The highest BCUT2D eigenvalue weighted by Crippen LogP contribution is 2.36. The number of halogens is 1. The van der Waals surface area contributed by atoms with Gasteiger partial charge in [0.2, 0.25) is 0 Å². The first-order valence-electron chi connectivity index (χ1n) is 7.07. The zero-order valence-corrected chi connectivity index (χ0v) is 13.3. The number of aliphatic hydroxyl groups is 1. The van der Waals surface area contributed by atoms with Gasteiger partial charge >= 0.3 is 0 Å². The van der Waals surface area contributed by atoms with E-state index in [-0.39, 0.29) is 6.61 Å². The van der Waals surface area contributed by atoms with Gasteiger partial charge in [0.05, 0.1) is 6.61 Å². The van der Waals surface area contributed by atoms with Crippen molar-refractivity contribution in [2.75, 3.05) is 24.6 Å². The van der Waals surface area contributed by atoms with Crippen LogP contribution >= 0.6 is 15.9 Å². The second-order valence-corrected chi connectivity index (χ2v) is 6.05. The first-order valence-corrected chi connectivity index (χ1v) is 7.87. The number of anilines is 1. The Bertz CT molecular complexity index is 421. The first kappa shape index (κ1) is 14.8. The van der Waals surface area contributed by atoms with Crippen LogP contribution in [0.15, 0.2) is 22.7 Å². The van der Waals surface area contributed by atoms with Crippen LogP contribution < -0.4 is 10.2 Å². The summed E-state index contributed by atoms with van der Waals surface area (Å²) in [6.45, 7) is 6.20. The predicted octanol–water partition coefficient (Wildman–Crippen LogP) is 3.08. The van der Waals surface area contributed by atoms with Gasteiger partial charge in [-0.05, 0) is 50.1 Å². The number of rotatable bonds is 7. The van der Waals surface area contributed by atoms with Gasteiger partial charge in [-0.2, -0.15) is 0 Å². The molecule has 2 rings (SSSR count). The van der Waals surface area contributed by atoms with Crippen molar-refractivity contribution in [3.63, 3.8) is 0 Å². The van der Waals surface area contributed by atoms with Gasteiger partial charge in [-0.25, -0.2) is 0 Å². The van der Waals surface area contributed by atoms with E-state index in [0.717, 1.165) is 17.6 Å². The second-order valence-electron chi connectivity index (χ2n) is 5.13. The van der Waals surface area contributed by atoms with Crippen molar-refractivity contribution in [3.8, 4) is 0 Å². The van der Waals surface area contributed by atoms with E-state index in [1.165, 1.54) is 24.1 Å². The van der Waals surface area contributed by atoms with E-state index in [4.69, 9.17) is 0 Å². The molecular weight excluding hydrogens is 304 g/mol. The molecule has 3 nitrogen and oxygen atoms in total. The van der Waals surface area contributed by atoms with Crippen molar-refractivity contribution in [2.24, 2.45) is 0 Å². The number of benzene rings is 1. The van der Waals surface area contributed by atoms with E-state index in [9.17, 15) is 5.11 Å². The van der Waals surface area contributed by atoms with E-state index in [2.05, 4.69) is 58.2 Å². The second kappa shape index (κ2) is 6.73. The molecule has 1 unspecified atom stereocenters. The normalized spacial score (nSPS) is 16.4. The minimum Gasteiger partial charge on any atom is -0.395 e. The van der Waals surface area contributed by atoms with Gasteiger partial charge in [0.15, 0.2) is 0 Å². The van der Waals surface area contributed by atoms with Crippen molar-refractivity contribution >= 4 is 21.6 Å². The van der Waals surface area contributed by atoms with Crippen LogP contribution in [0.25, 0.3) is 0 Å². The zero-order chi connectivity index (χ0) is 13.8. The van der Waals surface area contributed by atoms with Crippen LogP contribution in [0.4, 0.5) is 5.69 Å². The van der Waals surface area contributed by atoms with Crippen LogP contribution in [-0.2, 0) is 0 Å². The highest BCUT2D eigenvalue weighted by Gasteiger charge is 2.30. The summed E-state index contributed by atoms with van der Waals surface area (Å²) >= 11 is 3.56. The van der Waals surface area contributed by atoms with Crippen LogP contribution in [0.5, 0.6) is 0 Å². The molecule has 106 valence electrons. The van der Waals surface area contributed by atoms with Crippen molar-refractivity contribution in [3.05, 3.63) is 28.2 Å². The quantitative estimate of drug-likeness (QED) is 0.808. The van der Waals surface area contributed by atoms with E-state index in [1.807, 2.05) is 0 Å². The van der Waals surface area contributed by atoms with E-state index >= 15 is 0 Å². The fraction of sp³-hybridized carbons (Fsp3) is 0.600. The number of aliphatic hydroxyl groups excluding tert-OH is 1. The van der Waals surface area contributed by atoms with Gasteiger partial charge in [-0.1, -0.05) is 22.9 Å². The van der Waals surface area contributed by atoms with E-state index in [1.54, 1.807) is 0 Å². The lowest BCUT2D eigenvalue weighted by Gasteiger charge is -2.29. The number of hydrogen-bond donors (Lipinski definition) is 2. The van der Waals surface area contributed by atoms with Gasteiger partial charge in [-0.15, -0.1) is 0 Å². The van der Waals surface area contributed by atoms with Crippen LogP contribution in [-0.4, -0.2) is 30.8 Å². The van der Waals surface area contributed by atoms with Crippen LogP contribution in [0, 0.1) is 0 Å². The molecule has 0 aromatic heterocycles. The first-order chi connectivity index (χ1) is 9.17. The predicted molar refractivity (Wildman–Crippen MR) is 83.7 cm³/mol. The molecule has 2 N–H and O–H groups in total. The molecule has 1 fully saturated rings. The Hall–Kier alpha value is -0.580. The maximum atomic E-state index is 9.30. The molecule has 0 aliphatic heterocycles. The third-order valence-electron chi connectivity index (χ3n) is 3.60. The van der Waals surface area contributed by atoms with E-state index in [0.29, 0.717) is 12.1 Å². The van der Waals surface area contributed by atoms with Crippen molar-refractivity contribution in [2.45, 2.75) is 38.8 Å². The Balaban J connectivity index is 2.31. The summed E-state index contributed by atoms with van der Waals surface area (Å²) in [7, 11) is 0. The van der Waals surface area contributed by atoms with Gasteiger partial charge < -0.3 is 15.3 Å². The molecule has 1 aliphatic rings. The third kappa shape index (κ3) is 3.71. The van der Waals surface area contributed by atoms with Crippen LogP contribution in [0.3, 0.4) is 0 Å².